The van der Waals surface area contributed by atoms with E-state index in [9.17, 15) is 13.2 Å². The fraction of sp³-hybridized carbons (Fsp3) is 0.263. The van der Waals surface area contributed by atoms with Gasteiger partial charge in [0.15, 0.2) is 0 Å². The molecule has 4 heteroatoms. The van der Waals surface area contributed by atoms with Gasteiger partial charge >= 0.3 is 6.18 Å². The van der Waals surface area contributed by atoms with Crippen LogP contribution in [0, 0.1) is 0 Å². The van der Waals surface area contributed by atoms with E-state index in [1.807, 2.05) is 26.8 Å². The first kappa shape index (κ1) is 15.7. The molecule has 1 aromatic heterocycles. The lowest BCUT2D eigenvalue weighted by molar-refractivity contribution is -0.136. The highest BCUT2D eigenvalue weighted by Crippen LogP contribution is 2.44. The summed E-state index contributed by atoms with van der Waals surface area (Å²) in [6.07, 6.45) is -4.48. The van der Waals surface area contributed by atoms with Gasteiger partial charge in [-0.3, -0.25) is 0 Å². The number of furan rings is 1. The lowest BCUT2D eigenvalue weighted by atomic mass is 9.86. The summed E-state index contributed by atoms with van der Waals surface area (Å²) >= 11 is 0. The smallest absolute Gasteiger partial charge is 0.420 e. The summed E-state index contributed by atoms with van der Waals surface area (Å²) in [6, 6.07) is 13.4. The highest BCUT2D eigenvalue weighted by molar-refractivity contribution is 5.89. The Kier molecular flexibility index (Phi) is 3.51. The van der Waals surface area contributed by atoms with Crippen LogP contribution >= 0.6 is 0 Å². The quantitative estimate of drug-likeness (QED) is 0.505. The van der Waals surface area contributed by atoms with Crippen molar-refractivity contribution in [1.29, 1.82) is 0 Å². The summed E-state index contributed by atoms with van der Waals surface area (Å²) in [5, 5.41) is 0.115. The number of rotatable bonds is 1. The van der Waals surface area contributed by atoms with Crippen LogP contribution in [0.3, 0.4) is 0 Å². The van der Waals surface area contributed by atoms with E-state index in [4.69, 9.17) is 4.42 Å². The maximum Gasteiger partial charge on any atom is 0.420 e. The third-order valence-electron chi connectivity index (χ3n) is 3.87. The molecule has 0 unspecified atom stereocenters. The van der Waals surface area contributed by atoms with Gasteiger partial charge < -0.3 is 4.42 Å². The molecule has 0 aliphatic carbocycles. The van der Waals surface area contributed by atoms with E-state index in [2.05, 4.69) is 0 Å². The molecule has 0 saturated carbocycles. The zero-order chi connectivity index (χ0) is 16.8. The van der Waals surface area contributed by atoms with Gasteiger partial charge in [-0.2, -0.15) is 13.2 Å². The number of hydrogen-bond acceptors (Lipinski definition) is 1. The van der Waals surface area contributed by atoms with Gasteiger partial charge in [0.25, 0.3) is 0 Å². The van der Waals surface area contributed by atoms with Crippen molar-refractivity contribution in [2.75, 3.05) is 0 Å². The maximum absolute atomic E-state index is 13.7. The predicted molar refractivity (Wildman–Crippen MR) is 85.4 cm³/mol. The van der Waals surface area contributed by atoms with Gasteiger partial charge in [-0.05, 0) is 23.1 Å². The number of halogens is 3. The number of benzene rings is 2. The summed E-state index contributed by atoms with van der Waals surface area (Å²) in [6.45, 7) is 5.92. The van der Waals surface area contributed by atoms with Crippen molar-refractivity contribution in [2.45, 2.75) is 32.4 Å². The van der Waals surface area contributed by atoms with Crippen molar-refractivity contribution in [1.82, 2.24) is 0 Å². The minimum Gasteiger partial charge on any atom is -0.455 e. The first-order valence-corrected chi connectivity index (χ1v) is 7.37. The average Bonchev–Trinajstić information content (AvgIpc) is 2.85. The molecule has 3 rings (SSSR count). The van der Waals surface area contributed by atoms with Crippen molar-refractivity contribution >= 4 is 11.0 Å². The molecule has 1 heterocycles. The molecule has 3 aromatic rings. The van der Waals surface area contributed by atoms with Crippen molar-refractivity contribution in [3.8, 4) is 11.3 Å². The Morgan fingerprint density at radius 2 is 1.52 bits per heavy atom. The highest BCUT2D eigenvalue weighted by Gasteiger charge is 2.39. The van der Waals surface area contributed by atoms with Gasteiger partial charge in [0.05, 0.1) is 0 Å². The molecular weight excluding hydrogens is 301 g/mol. The first-order valence-electron chi connectivity index (χ1n) is 7.37. The molecule has 0 amide bonds. The minimum atomic E-state index is -4.48. The lowest BCUT2D eigenvalue weighted by Crippen LogP contribution is -2.11. The topological polar surface area (TPSA) is 13.1 Å². The van der Waals surface area contributed by atoms with Crippen molar-refractivity contribution in [3.05, 3.63) is 59.7 Å². The molecule has 0 atom stereocenters. The highest BCUT2D eigenvalue weighted by atomic mass is 19.4. The van der Waals surface area contributed by atoms with Crippen molar-refractivity contribution < 1.29 is 17.6 Å². The maximum atomic E-state index is 13.7. The van der Waals surface area contributed by atoms with Crippen LogP contribution in [0.4, 0.5) is 13.2 Å². The van der Waals surface area contributed by atoms with E-state index in [-0.39, 0.29) is 22.1 Å². The minimum absolute atomic E-state index is 0.115. The molecule has 2 aromatic carbocycles. The Morgan fingerprint density at radius 3 is 2.09 bits per heavy atom. The molecular formula is C19H17F3O. The van der Waals surface area contributed by atoms with Crippen LogP contribution in [-0.2, 0) is 11.6 Å². The second-order valence-electron chi connectivity index (χ2n) is 6.63. The molecule has 1 nitrogen and oxygen atoms in total. The van der Waals surface area contributed by atoms with Gasteiger partial charge in [0.1, 0.15) is 16.9 Å². The molecule has 120 valence electrons. The van der Waals surface area contributed by atoms with Crippen LogP contribution < -0.4 is 0 Å². The normalized spacial score (nSPS) is 12.8. The van der Waals surface area contributed by atoms with Crippen LogP contribution in [0.2, 0.25) is 0 Å². The zero-order valence-electron chi connectivity index (χ0n) is 13.2. The Bertz CT molecular complexity index is 837. The fourth-order valence-corrected chi connectivity index (χ4v) is 2.64. The third kappa shape index (κ3) is 2.85. The molecule has 0 N–H and O–H groups in total. The van der Waals surface area contributed by atoms with E-state index in [1.54, 1.807) is 42.5 Å². The van der Waals surface area contributed by atoms with Gasteiger partial charge in [-0.15, -0.1) is 0 Å². The van der Waals surface area contributed by atoms with Gasteiger partial charge in [0, 0.05) is 10.9 Å². The first-order chi connectivity index (χ1) is 10.7. The standard InChI is InChI=1S/C19H17F3O/c1-18(2,3)13-9-10-15-14(11-13)16(19(20,21)22)17(23-15)12-7-5-4-6-8-12/h4-11H,1-3H3. The summed E-state index contributed by atoms with van der Waals surface area (Å²) in [5.41, 5.74) is 0.583. The predicted octanol–water partition coefficient (Wildman–Crippen LogP) is 6.42. The molecule has 0 radical (unpaired) electrons. The fourth-order valence-electron chi connectivity index (χ4n) is 2.64. The van der Waals surface area contributed by atoms with Crippen LogP contribution in [0.15, 0.2) is 52.9 Å². The Morgan fingerprint density at radius 1 is 0.870 bits per heavy atom. The monoisotopic (exact) mass is 318 g/mol. The Balaban J connectivity index is 2.34. The SMILES string of the molecule is CC(C)(C)c1ccc2oc(-c3ccccc3)c(C(F)(F)F)c2c1. The summed E-state index contributed by atoms with van der Waals surface area (Å²) < 4.78 is 46.6. The molecule has 0 aliphatic rings. The second kappa shape index (κ2) is 5.15. The van der Waals surface area contributed by atoms with Crippen molar-refractivity contribution in [2.24, 2.45) is 0 Å². The molecule has 0 spiro atoms. The average molecular weight is 318 g/mol. The summed E-state index contributed by atoms with van der Waals surface area (Å²) in [7, 11) is 0. The Hall–Kier alpha value is -2.23. The number of fused-ring (bicyclic) bond motifs is 1. The zero-order valence-corrected chi connectivity index (χ0v) is 13.2. The third-order valence-corrected chi connectivity index (χ3v) is 3.87. The second-order valence-corrected chi connectivity index (χ2v) is 6.63. The molecule has 23 heavy (non-hydrogen) atoms. The van der Waals surface area contributed by atoms with Crippen LogP contribution in [-0.4, -0.2) is 0 Å². The molecule has 0 aliphatic heterocycles. The van der Waals surface area contributed by atoms with Gasteiger partial charge in [0.2, 0.25) is 0 Å². The van der Waals surface area contributed by atoms with Crippen molar-refractivity contribution in [3.63, 3.8) is 0 Å². The van der Waals surface area contributed by atoms with E-state index in [0.717, 1.165) is 5.56 Å². The number of alkyl halides is 3. The van der Waals surface area contributed by atoms with Gasteiger partial charge in [-0.25, -0.2) is 0 Å². The summed E-state index contributed by atoms with van der Waals surface area (Å²) in [5.74, 6) is -0.126. The van der Waals surface area contributed by atoms with E-state index in [0.29, 0.717) is 5.56 Å². The number of hydrogen-bond donors (Lipinski definition) is 0. The summed E-state index contributed by atoms with van der Waals surface area (Å²) in [4.78, 5) is 0. The van der Waals surface area contributed by atoms with Crippen LogP contribution in [0.5, 0.6) is 0 Å². The largest absolute Gasteiger partial charge is 0.455 e. The molecule has 0 bridgehead atoms. The van der Waals surface area contributed by atoms with Crippen LogP contribution in [0.25, 0.3) is 22.3 Å². The van der Waals surface area contributed by atoms with E-state index >= 15 is 0 Å². The van der Waals surface area contributed by atoms with E-state index in [1.165, 1.54) is 0 Å². The molecule has 0 saturated heterocycles. The lowest BCUT2D eigenvalue weighted by Gasteiger charge is -2.19. The molecule has 0 fully saturated rings. The van der Waals surface area contributed by atoms with Crippen LogP contribution in [0.1, 0.15) is 31.9 Å². The van der Waals surface area contributed by atoms with E-state index < -0.39 is 11.7 Å². The van der Waals surface area contributed by atoms with Gasteiger partial charge in [-0.1, -0.05) is 57.2 Å². The Labute approximate surface area is 132 Å².